The normalized spacial score (nSPS) is 21.0. The molecule has 1 fully saturated rings. The zero-order valence-corrected chi connectivity index (χ0v) is 13.6. The Morgan fingerprint density at radius 3 is 2.82 bits per heavy atom. The van der Waals surface area contributed by atoms with Crippen molar-refractivity contribution in [2.45, 2.75) is 32.4 Å². The second-order valence-electron chi connectivity index (χ2n) is 5.43. The van der Waals surface area contributed by atoms with E-state index in [0.717, 1.165) is 5.56 Å². The Hall–Kier alpha value is -1.72. The molecule has 1 heterocycles. The highest BCUT2D eigenvalue weighted by Crippen LogP contribution is 2.21. The van der Waals surface area contributed by atoms with Crippen molar-refractivity contribution in [1.82, 2.24) is 4.90 Å². The van der Waals surface area contributed by atoms with Crippen LogP contribution in [0.2, 0.25) is 0 Å². The van der Waals surface area contributed by atoms with Crippen LogP contribution >= 0.6 is 12.2 Å². The highest BCUT2D eigenvalue weighted by molar-refractivity contribution is 7.80. The summed E-state index contributed by atoms with van der Waals surface area (Å²) < 4.78 is 5.40. The zero-order valence-electron chi connectivity index (χ0n) is 12.8. The fourth-order valence-electron chi connectivity index (χ4n) is 2.50. The van der Waals surface area contributed by atoms with E-state index >= 15 is 0 Å². The van der Waals surface area contributed by atoms with Crippen LogP contribution in [0.5, 0.6) is 0 Å². The minimum absolute atomic E-state index is 0.123. The molecule has 1 N–H and O–H groups in total. The monoisotopic (exact) mass is 319 g/mol. The largest absolute Gasteiger partial charge is 0.468 e. The Bertz CT molecular complexity index is 558. The highest BCUT2D eigenvalue weighted by atomic mass is 32.1. The van der Waals surface area contributed by atoms with Gasteiger partial charge in [0.25, 0.3) is 5.17 Å². The van der Waals surface area contributed by atoms with Crippen molar-refractivity contribution < 1.29 is 14.6 Å². The highest BCUT2D eigenvalue weighted by Gasteiger charge is 2.38. The smallest absolute Gasteiger partial charge is 0.266 e. The molecule has 3 atom stereocenters. The lowest BCUT2D eigenvalue weighted by Gasteiger charge is -2.26. The second-order valence-corrected chi connectivity index (χ2v) is 5.78. The first-order chi connectivity index (χ1) is 10.5. The maximum atomic E-state index is 12.6. The average Bonchev–Trinajstić information content (AvgIpc) is 2.87. The first-order valence-electron chi connectivity index (χ1n) is 7.39. The summed E-state index contributed by atoms with van der Waals surface area (Å²) in [4.78, 5) is 14.2. The van der Waals surface area contributed by atoms with Crippen molar-refractivity contribution in [1.29, 1.82) is 0 Å². The van der Waals surface area contributed by atoms with Gasteiger partial charge in [-0.05, 0) is 31.1 Å². The molecule has 1 aromatic carbocycles. The van der Waals surface area contributed by atoms with Crippen LogP contribution in [0.4, 0.5) is 0 Å². The summed E-state index contributed by atoms with van der Waals surface area (Å²) in [5, 5.41) is 10.2. The van der Waals surface area contributed by atoms with Crippen molar-refractivity contribution in [2.75, 3.05) is 6.61 Å². The molecule has 5 heteroatoms. The predicted molar refractivity (Wildman–Crippen MR) is 89.3 cm³/mol. The first-order valence-corrected chi connectivity index (χ1v) is 7.80. The van der Waals surface area contributed by atoms with Crippen molar-refractivity contribution in [3.05, 3.63) is 48.0 Å². The van der Waals surface area contributed by atoms with Gasteiger partial charge in [0.1, 0.15) is 6.61 Å². The van der Waals surface area contributed by atoms with Crippen LogP contribution in [0.3, 0.4) is 0 Å². The molecule has 1 aliphatic heterocycles. The van der Waals surface area contributed by atoms with Crippen LogP contribution in [0.15, 0.2) is 42.5 Å². The number of rotatable bonds is 5. The molecule has 22 heavy (non-hydrogen) atoms. The molecule has 1 aliphatic rings. The third-order valence-corrected chi connectivity index (χ3v) is 4.12. The van der Waals surface area contributed by atoms with Gasteiger partial charge >= 0.3 is 0 Å². The van der Waals surface area contributed by atoms with E-state index in [9.17, 15) is 9.90 Å². The summed E-state index contributed by atoms with van der Waals surface area (Å²) in [5.41, 5.74) is 1.13. The standard InChI is InChI=1S/C17H21NO3S/c1-3-7-15(19)12(2)16(20)18-14(11-21-17(18)22)10-13-8-5-4-6-9-13/h3-9,12,14-15,19H,10-11H2,1-2H3/b7-3+/t12-,14-,15+/m0/s1. The number of ether oxygens (including phenoxy) is 1. The number of aliphatic hydroxyl groups excluding tert-OH is 1. The van der Waals surface area contributed by atoms with Gasteiger partial charge in [0, 0.05) is 0 Å². The van der Waals surface area contributed by atoms with Gasteiger partial charge in [0.05, 0.1) is 18.1 Å². The number of thiocarbonyl (C=S) groups is 1. The number of carbonyl (C=O) groups is 1. The fraction of sp³-hybridized carbons (Fsp3) is 0.412. The van der Waals surface area contributed by atoms with Crippen LogP contribution in [0.1, 0.15) is 19.4 Å². The topological polar surface area (TPSA) is 49.8 Å². The molecule has 118 valence electrons. The third-order valence-electron chi connectivity index (χ3n) is 3.80. The van der Waals surface area contributed by atoms with Gasteiger partial charge in [-0.1, -0.05) is 49.4 Å². The maximum absolute atomic E-state index is 12.6. The van der Waals surface area contributed by atoms with Gasteiger partial charge < -0.3 is 9.84 Å². The molecular weight excluding hydrogens is 298 g/mol. The Morgan fingerprint density at radius 2 is 2.18 bits per heavy atom. The van der Waals surface area contributed by atoms with E-state index in [-0.39, 0.29) is 17.1 Å². The van der Waals surface area contributed by atoms with E-state index < -0.39 is 12.0 Å². The van der Waals surface area contributed by atoms with E-state index in [2.05, 4.69) is 0 Å². The maximum Gasteiger partial charge on any atom is 0.266 e. The first kappa shape index (κ1) is 16.6. The Labute approximate surface area is 136 Å². The van der Waals surface area contributed by atoms with E-state index in [4.69, 9.17) is 17.0 Å². The lowest BCUT2D eigenvalue weighted by atomic mass is 10.0. The molecule has 0 bridgehead atoms. The molecule has 0 spiro atoms. The number of carbonyl (C=O) groups excluding carboxylic acids is 1. The number of aliphatic hydroxyl groups is 1. The molecule has 0 aliphatic carbocycles. The SMILES string of the molecule is C/C=C/[C@@H](O)[C@H](C)C(=O)N1C(=S)OC[C@@H]1Cc1ccccc1. The van der Waals surface area contributed by atoms with Gasteiger partial charge in [-0.3, -0.25) is 9.69 Å². The van der Waals surface area contributed by atoms with Crippen molar-refractivity contribution in [3.8, 4) is 0 Å². The Kier molecular flexibility index (Phi) is 5.69. The van der Waals surface area contributed by atoms with Crippen LogP contribution < -0.4 is 0 Å². The van der Waals surface area contributed by atoms with Crippen molar-refractivity contribution in [3.63, 3.8) is 0 Å². The van der Waals surface area contributed by atoms with E-state index in [0.29, 0.717) is 13.0 Å². The van der Waals surface area contributed by atoms with Crippen LogP contribution in [-0.4, -0.2) is 39.8 Å². The zero-order chi connectivity index (χ0) is 16.1. The molecule has 4 nitrogen and oxygen atoms in total. The van der Waals surface area contributed by atoms with Crippen molar-refractivity contribution in [2.24, 2.45) is 5.92 Å². The molecule has 0 unspecified atom stereocenters. The van der Waals surface area contributed by atoms with Gasteiger partial charge in [0.2, 0.25) is 5.91 Å². The van der Waals surface area contributed by atoms with Gasteiger partial charge in [0.15, 0.2) is 0 Å². The predicted octanol–water partition coefficient (Wildman–Crippen LogP) is 2.31. The number of amides is 1. The van der Waals surface area contributed by atoms with Crippen molar-refractivity contribution >= 4 is 23.3 Å². The number of hydrogen-bond acceptors (Lipinski definition) is 4. The molecule has 1 saturated heterocycles. The summed E-state index contributed by atoms with van der Waals surface area (Å²) >= 11 is 5.16. The minimum Gasteiger partial charge on any atom is -0.468 e. The molecule has 2 rings (SSSR count). The molecule has 0 saturated carbocycles. The summed E-state index contributed by atoms with van der Waals surface area (Å²) in [6.07, 6.45) is 3.20. The van der Waals surface area contributed by atoms with Gasteiger partial charge in [-0.2, -0.15) is 0 Å². The third kappa shape index (κ3) is 3.72. The molecule has 0 aromatic heterocycles. The van der Waals surface area contributed by atoms with Gasteiger partial charge in [-0.15, -0.1) is 0 Å². The summed E-state index contributed by atoms with van der Waals surface area (Å²) in [7, 11) is 0. The summed E-state index contributed by atoms with van der Waals surface area (Å²) in [5.74, 6) is -0.761. The average molecular weight is 319 g/mol. The molecular formula is C17H21NO3S. The van der Waals surface area contributed by atoms with E-state index in [1.54, 1.807) is 19.1 Å². The molecule has 0 radical (unpaired) electrons. The fourth-order valence-corrected chi connectivity index (χ4v) is 2.80. The molecule has 1 amide bonds. The van der Waals surface area contributed by atoms with E-state index in [1.807, 2.05) is 37.3 Å². The molecule has 1 aromatic rings. The van der Waals surface area contributed by atoms with Gasteiger partial charge in [-0.25, -0.2) is 0 Å². The Morgan fingerprint density at radius 1 is 1.50 bits per heavy atom. The lowest BCUT2D eigenvalue weighted by Crippen LogP contribution is -2.45. The second kappa shape index (κ2) is 7.51. The van der Waals surface area contributed by atoms with E-state index in [1.165, 1.54) is 4.90 Å². The van der Waals surface area contributed by atoms with Crippen LogP contribution in [-0.2, 0) is 16.0 Å². The minimum atomic E-state index is -0.821. The summed E-state index contributed by atoms with van der Waals surface area (Å²) in [6.45, 7) is 3.90. The number of nitrogens with zero attached hydrogens (tertiary/aromatic N) is 1. The quantitative estimate of drug-likeness (QED) is 0.668. The summed E-state index contributed by atoms with van der Waals surface area (Å²) in [6, 6.07) is 9.80. The number of hydrogen-bond donors (Lipinski definition) is 1. The number of allylic oxidation sites excluding steroid dienone is 1. The lowest BCUT2D eigenvalue weighted by molar-refractivity contribution is -0.134. The van der Waals surface area contributed by atoms with Crippen LogP contribution in [0, 0.1) is 5.92 Å². The van der Waals surface area contributed by atoms with Crippen LogP contribution in [0.25, 0.3) is 0 Å². The number of benzene rings is 1. The Balaban J connectivity index is 2.12.